The van der Waals surface area contributed by atoms with E-state index in [4.69, 9.17) is 4.74 Å². The lowest BCUT2D eigenvalue weighted by molar-refractivity contribution is -0.127. The molecule has 2 heterocycles. The molecule has 1 aromatic carbocycles. The van der Waals surface area contributed by atoms with Gasteiger partial charge in [0.05, 0.1) is 16.5 Å². The van der Waals surface area contributed by atoms with Gasteiger partial charge in [-0.25, -0.2) is 14.6 Å². The fraction of sp³-hybridized carbons (Fsp3) is 0.476. The van der Waals surface area contributed by atoms with Crippen molar-refractivity contribution in [2.24, 2.45) is 0 Å². The summed E-state index contributed by atoms with van der Waals surface area (Å²) in [7, 11) is 0. The summed E-state index contributed by atoms with van der Waals surface area (Å²) in [6.07, 6.45) is 2.51. The Morgan fingerprint density at radius 2 is 1.90 bits per heavy atom. The quantitative estimate of drug-likeness (QED) is 0.738. The minimum atomic E-state index is -1.17. The number of ether oxygens (including phenoxy) is 1. The minimum absolute atomic E-state index is 0.110. The molecule has 0 fully saturated rings. The van der Waals surface area contributed by atoms with Crippen LogP contribution in [-0.2, 0) is 22.5 Å². The normalized spacial score (nSPS) is 14.5. The van der Waals surface area contributed by atoms with Crippen LogP contribution in [0.4, 0.5) is 4.79 Å². The first-order chi connectivity index (χ1) is 14.3. The Kier molecular flexibility index (Phi) is 6.49. The second-order valence-electron chi connectivity index (χ2n) is 7.69. The first-order valence-electron chi connectivity index (χ1n) is 10.1. The first kappa shape index (κ1) is 21.5. The van der Waals surface area contributed by atoms with E-state index in [0.717, 1.165) is 31.5 Å². The van der Waals surface area contributed by atoms with E-state index < -0.39 is 24.0 Å². The third kappa shape index (κ3) is 4.84. The molecule has 1 aromatic heterocycles. The number of aryl methyl sites for hydroxylation is 1. The van der Waals surface area contributed by atoms with Crippen molar-refractivity contribution in [2.45, 2.75) is 65.1 Å². The monoisotopic (exact) mass is 414 g/mol. The van der Waals surface area contributed by atoms with Gasteiger partial charge in [0.25, 0.3) is 11.5 Å². The molecule has 0 unspecified atom stereocenters. The van der Waals surface area contributed by atoms with E-state index in [0.29, 0.717) is 17.4 Å². The summed E-state index contributed by atoms with van der Waals surface area (Å²) in [5.74, 6) is -0.746. The van der Waals surface area contributed by atoms with Crippen LogP contribution in [0.2, 0.25) is 0 Å². The maximum atomic E-state index is 12.8. The maximum absolute atomic E-state index is 12.8. The number of carbonyl (C=O) groups excluding carboxylic acids is 3. The van der Waals surface area contributed by atoms with E-state index in [2.05, 4.69) is 15.6 Å². The number of hydrogen-bond acceptors (Lipinski definition) is 6. The van der Waals surface area contributed by atoms with Crippen molar-refractivity contribution in [3.63, 3.8) is 0 Å². The average molecular weight is 414 g/mol. The molecule has 0 saturated carbocycles. The Hall–Kier alpha value is -3.23. The molecule has 160 valence electrons. The number of nitrogens with one attached hydrogen (secondary N) is 2. The summed E-state index contributed by atoms with van der Waals surface area (Å²) >= 11 is 0. The average Bonchev–Trinajstić information content (AvgIpc) is 2.92. The number of benzene rings is 1. The van der Waals surface area contributed by atoms with Gasteiger partial charge in [-0.3, -0.25) is 19.5 Å². The highest BCUT2D eigenvalue weighted by molar-refractivity contribution is 5.99. The first-order valence-corrected chi connectivity index (χ1v) is 10.1. The summed E-state index contributed by atoms with van der Waals surface area (Å²) in [5.41, 5.74) is 0.496. The van der Waals surface area contributed by atoms with Gasteiger partial charge < -0.3 is 10.1 Å². The number of hydrogen-bond donors (Lipinski definition) is 2. The molecule has 3 amide bonds. The van der Waals surface area contributed by atoms with Gasteiger partial charge in [-0.05, 0) is 51.8 Å². The highest BCUT2D eigenvalue weighted by atomic mass is 16.5. The van der Waals surface area contributed by atoms with E-state index in [1.54, 1.807) is 24.5 Å². The number of aromatic nitrogens is 2. The highest BCUT2D eigenvalue weighted by Crippen LogP contribution is 2.17. The van der Waals surface area contributed by atoms with Crippen molar-refractivity contribution in [3.8, 4) is 0 Å². The van der Waals surface area contributed by atoms with Gasteiger partial charge in [0, 0.05) is 19.0 Å². The summed E-state index contributed by atoms with van der Waals surface area (Å²) in [5, 5.41) is 5.08. The van der Waals surface area contributed by atoms with Crippen molar-refractivity contribution in [2.75, 3.05) is 0 Å². The van der Waals surface area contributed by atoms with Gasteiger partial charge in [0.2, 0.25) is 0 Å². The van der Waals surface area contributed by atoms with Crippen LogP contribution in [0.5, 0.6) is 0 Å². The molecule has 0 spiro atoms. The minimum Gasteiger partial charge on any atom is -0.449 e. The Bertz CT molecular complexity index is 1040. The van der Waals surface area contributed by atoms with Crippen LogP contribution < -0.4 is 16.2 Å². The standard InChI is InChI=1S/C21H26N4O5/c1-12(2)22-21(29)24-18(26)13(3)30-20(28)14-8-9-15-16(11-14)23-17-7-5-4-6-10-25(17)19(15)27/h8-9,11-13H,4-7,10H2,1-3H3,(H2,22,24,26,29)/t13-/m0/s1. The number of esters is 1. The predicted octanol–water partition coefficient (Wildman–Crippen LogP) is 1.90. The van der Waals surface area contributed by atoms with Gasteiger partial charge in [-0.2, -0.15) is 0 Å². The topological polar surface area (TPSA) is 119 Å². The van der Waals surface area contributed by atoms with E-state index in [1.807, 2.05) is 0 Å². The number of nitrogens with zero attached hydrogens (tertiary/aromatic N) is 2. The number of urea groups is 1. The second-order valence-corrected chi connectivity index (χ2v) is 7.69. The number of amides is 3. The van der Waals surface area contributed by atoms with Gasteiger partial charge in [0.15, 0.2) is 6.10 Å². The molecule has 3 rings (SSSR count). The van der Waals surface area contributed by atoms with Crippen LogP contribution in [0, 0.1) is 0 Å². The molecule has 0 aliphatic carbocycles. The van der Waals surface area contributed by atoms with Gasteiger partial charge in [0.1, 0.15) is 5.82 Å². The number of fused-ring (bicyclic) bond motifs is 2. The van der Waals surface area contributed by atoms with Crippen LogP contribution in [0.3, 0.4) is 0 Å². The number of carbonyl (C=O) groups is 3. The van der Waals surface area contributed by atoms with Crippen LogP contribution in [0.25, 0.3) is 10.9 Å². The molecule has 2 N–H and O–H groups in total. The number of rotatable bonds is 4. The summed E-state index contributed by atoms with van der Waals surface area (Å²) in [6.45, 7) is 5.54. The maximum Gasteiger partial charge on any atom is 0.338 e. The molecule has 30 heavy (non-hydrogen) atoms. The summed E-state index contributed by atoms with van der Waals surface area (Å²) in [6, 6.07) is 3.74. The van der Waals surface area contributed by atoms with E-state index in [9.17, 15) is 19.2 Å². The van der Waals surface area contributed by atoms with Gasteiger partial charge >= 0.3 is 12.0 Å². The molecule has 1 aliphatic rings. The number of imide groups is 1. The highest BCUT2D eigenvalue weighted by Gasteiger charge is 2.22. The zero-order valence-corrected chi connectivity index (χ0v) is 17.4. The molecule has 0 radical (unpaired) electrons. The molecule has 0 bridgehead atoms. The molecular formula is C21H26N4O5. The van der Waals surface area contributed by atoms with Crippen LogP contribution in [0.1, 0.15) is 56.2 Å². The predicted molar refractivity (Wildman–Crippen MR) is 110 cm³/mol. The molecule has 9 heteroatoms. The second kappa shape index (κ2) is 9.06. The van der Waals surface area contributed by atoms with Crippen LogP contribution >= 0.6 is 0 Å². The lowest BCUT2D eigenvalue weighted by atomic mass is 10.1. The zero-order valence-electron chi connectivity index (χ0n) is 17.4. The Balaban J connectivity index is 1.76. The van der Waals surface area contributed by atoms with Crippen LogP contribution in [-0.4, -0.2) is 39.6 Å². The Morgan fingerprint density at radius 3 is 2.63 bits per heavy atom. The lowest BCUT2D eigenvalue weighted by Crippen LogP contribution is -2.46. The summed E-state index contributed by atoms with van der Waals surface area (Å²) in [4.78, 5) is 53.5. The van der Waals surface area contributed by atoms with Crippen LogP contribution in [0.15, 0.2) is 23.0 Å². The third-order valence-corrected chi connectivity index (χ3v) is 4.86. The fourth-order valence-corrected chi connectivity index (χ4v) is 3.34. The molecule has 9 nitrogen and oxygen atoms in total. The van der Waals surface area contributed by atoms with Gasteiger partial charge in [-0.15, -0.1) is 0 Å². The van der Waals surface area contributed by atoms with Crippen molar-refractivity contribution in [3.05, 3.63) is 39.9 Å². The largest absolute Gasteiger partial charge is 0.449 e. The molecule has 0 saturated heterocycles. The molecular weight excluding hydrogens is 388 g/mol. The SMILES string of the molecule is CC(C)NC(=O)NC(=O)[C@H](C)OC(=O)c1ccc2c(=O)n3c(nc2c1)CCCCC3. The van der Waals surface area contributed by atoms with E-state index in [1.165, 1.54) is 19.1 Å². The smallest absolute Gasteiger partial charge is 0.338 e. The van der Waals surface area contributed by atoms with E-state index in [-0.39, 0.29) is 17.2 Å². The fourth-order valence-electron chi connectivity index (χ4n) is 3.34. The van der Waals surface area contributed by atoms with E-state index >= 15 is 0 Å². The van der Waals surface area contributed by atoms with Crippen molar-refractivity contribution >= 4 is 28.8 Å². The lowest BCUT2D eigenvalue weighted by Gasteiger charge is -2.15. The van der Waals surface area contributed by atoms with Gasteiger partial charge in [-0.1, -0.05) is 6.42 Å². The Labute approximate surface area is 173 Å². The van der Waals surface area contributed by atoms with Crippen molar-refractivity contribution in [1.82, 2.24) is 20.2 Å². The summed E-state index contributed by atoms with van der Waals surface area (Å²) < 4.78 is 6.88. The molecule has 1 atom stereocenters. The molecule has 1 aliphatic heterocycles. The third-order valence-electron chi connectivity index (χ3n) is 4.86. The van der Waals surface area contributed by atoms with Crippen molar-refractivity contribution < 1.29 is 19.1 Å². The van der Waals surface area contributed by atoms with Crippen molar-refractivity contribution in [1.29, 1.82) is 0 Å². The Morgan fingerprint density at radius 1 is 1.13 bits per heavy atom. The zero-order chi connectivity index (χ0) is 21.8. The molecule has 2 aromatic rings.